The first-order valence-corrected chi connectivity index (χ1v) is 5.39. The highest BCUT2D eigenvalue weighted by Gasteiger charge is 2.09. The van der Waals surface area contributed by atoms with E-state index in [1.807, 2.05) is 0 Å². The number of carboxylic acid groups (broad SMARTS) is 1. The summed E-state index contributed by atoms with van der Waals surface area (Å²) in [5.74, 6) is -1.60. The fourth-order valence-electron chi connectivity index (χ4n) is 1.33. The first kappa shape index (κ1) is 14.5. The summed E-state index contributed by atoms with van der Waals surface area (Å²) in [4.78, 5) is 33.0. The third-order valence-electron chi connectivity index (χ3n) is 2.34. The topological polar surface area (TPSA) is 105 Å². The van der Waals surface area contributed by atoms with Gasteiger partial charge in [0.1, 0.15) is 6.54 Å². The second-order valence-electron chi connectivity index (χ2n) is 3.72. The number of hydrogen-bond acceptors (Lipinski definition) is 4. The van der Waals surface area contributed by atoms with E-state index in [1.54, 1.807) is 6.92 Å². The number of carbonyl (C=O) groups excluding carboxylic acids is 2. The molecule has 0 aliphatic carbocycles. The minimum absolute atomic E-state index is 0.137. The van der Waals surface area contributed by atoms with Crippen LogP contribution in [0.1, 0.15) is 15.9 Å². The van der Waals surface area contributed by atoms with Crippen LogP contribution in [0.25, 0.3) is 0 Å². The highest BCUT2D eigenvalue weighted by molar-refractivity contribution is 5.93. The number of hydrogen-bond donors (Lipinski definition) is 3. The van der Waals surface area contributed by atoms with Crippen molar-refractivity contribution >= 4 is 23.7 Å². The van der Waals surface area contributed by atoms with Crippen LogP contribution in [0, 0.1) is 6.92 Å². The maximum atomic E-state index is 11.5. The average Bonchev–Trinajstić information content (AvgIpc) is 2.38. The lowest BCUT2D eigenvalue weighted by molar-refractivity contribution is -0.139. The molecule has 0 saturated carbocycles. The monoisotopic (exact) mass is 266 g/mol. The minimum atomic E-state index is -1.04. The summed E-state index contributed by atoms with van der Waals surface area (Å²) in [6.45, 7) is 1.43. The molecule has 0 atom stereocenters. The van der Waals surface area contributed by atoms with Crippen molar-refractivity contribution in [3.63, 3.8) is 0 Å². The Balaban J connectivity index is 2.64. The van der Waals surface area contributed by atoms with E-state index in [4.69, 9.17) is 5.11 Å². The van der Waals surface area contributed by atoms with E-state index in [2.05, 4.69) is 15.4 Å². The van der Waals surface area contributed by atoms with Gasteiger partial charge in [0.15, 0.2) is 0 Å². The molecule has 0 saturated heterocycles. The number of anilines is 1. The number of methoxy groups -OCH3 is 1. The summed E-state index contributed by atoms with van der Waals surface area (Å²) in [6.07, 6.45) is 0. The number of ether oxygens (including phenoxy) is 1. The van der Waals surface area contributed by atoms with Gasteiger partial charge in [-0.3, -0.25) is 4.79 Å². The van der Waals surface area contributed by atoms with Crippen molar-refractivity contribution in [2.24, 2.45) is 0 Å². The fraction of sp³-hybridized carbons (Fsp3) is 0.250. The van der Waals surface area contributed by atoms with Gasteiger partial charge in [-0.25, -0.2) is 9.59 Å². The number of esters is 1. The van der Waals surface area contributed by atoms with E-state index in [1.165, 1.54) is 25.3 Å². The van der Waals surface area contributed by atoms with Crippen molar-refractivity contribution in [1.82, 2.24) is 5.32 Å². The predicted octanol–water partition coefficient (Wildman–Crippen LogP) is 0.988. The molecule has 0 fully saturated rings. The SMILES string of the molecule is COC(=O)CNC(=O)Nc1ccc(C(=O)O)cc1C. The first-order chi connectivity index (χ1) is 8.93. The van der Waals surface area contributed by atoms with Gasteiger partial charge in [0.25, 0.3) is 0 Å². The lowest BCUT2D eigenvalue weighted by Gasteiger charge is -2.09. The number of aryl methyl sites for hydroxylation is 1. The number of amides is 2. The molecule has 0 unspecified atom stereocenters. The van der Waals surface area contributed by atoms with E-state index in [9.17, 15) is 14.4 Å². The number of nitrogens with one attached hydrogen (secondary N) is 2. The highest BCUT2D eigenvalue weighted by atomic mass is 16.5. The molecule has 0 bridgehead atoms. The van der Waals surface area contributed by atoms with Crippen molar-refractivity contribution in [3.8, 4) is 0 Å². The molecule has 7 nitrogen and oxygen atoms in total. The zero-order valence-electron chi connectivity index (χ0n) is 10.5. The summed E-state index contributed by atoms with van der Waals surface area (Å²) in [5, 5.41) is 13.6. The summed E-state index contributed by atoms with van der Waals surface area (Å²) < 4.78 is 4.37. The predicted molar refractivity (Wildman–Crippen MR) is 67.2 cm³/mol. The fourth-order valence-corrected chi connectivity index (χ4v) is 1.33. The lowest BCUT2D eigenvalue weighted by Crippen LogP contribution is -2.33. The summed E-state index contributed by atoms with van der Waals surface area (Å²) >= 11 is 0. The molecule has 0 aliphatic heterocycles. The molecular formula is C12H14N2O5. The Morgan fingerprint density at radius 1 is 1.32 bits per heavy atom. The Bertz CT molecular complexity index is 513. The molecule has 1 rings (SSSR count). The smallest absolute Gasteiger partial charge is 0.335 e. The van der Waals surface area contributed by atoms with Gasteiger partial charge in [0, 0.05) is 5.69 Å². The summed E-state index contributed by atoms with van der Waals surface area (Å²) in [5.41, 5.74) is 1.21. The standard InChI is InChI=1S/C12H14N2O5/c1-7-5-8(11(16)17)3-4-9(7)14-12(18)13-6-10(15)19-2/h3-5H,6H2,1-2H3,(H,16,17)(H2,13,14,18). The van der Waals surface area contributed by atoms with Gasteiger partial charge in [0.2, 0.25) is 0 Å². The average molecular weight is 266 g/mol. The summed E-state index contributed by atoms with van der Waals surface area (Å²) in [7, 11) is 1.22. The number of aromatic carboxylic acids is 1. The minimum Gasteiger partial charge on any atom is -0.478 e. The van der Waals surface area contributed by atoms with Crippen LogP contribution in [-0.2, 0) is 9.53 Å². The van der Waals surface area contributed by atoms with Gasteiger partial charge in [-0.1, -0.05) is 0 Å². The van der Waals surface area contributed by atoms with Crippen LogP contribution in [0.4, 0.5) is 10.5 Å². The highest BCUT2D eigenvalue weighted by Crippen LogP contribution is 2.16. The van der Waals surface area contributed by atoms with Crippen LogP contribution >= 0.6 is 0 Å². The quantitative estimate of drug-likeness (QED) is 0.705. The van der Waals surface area contributed by atoms with E-state index in [0.29, 0.717) is 11.3 Å². The van der Waals surface area contributed by atoms with Crippen LogP contribution in [0.15, 0.2) is 18.2 Å². The molecule has 7 heteroatoms. The Hall–Kier alpha value is -2.57. The van der Waals surface area contributed by atoms with E-state index in [0.717, 1.165) is 0 Å². The van der Waals surface area contributed by atoms with Crippen LogP contribution < -0.4 is 10.6 Å². The third-order valence-corrected chi connectivity index (χ3v) is 2.34. The van der Waals surface area contributed by atoms with Crippen molar-refractivity contribution in [2.75, 3.05) is 19.0 Å². The second kappa shape index (κ2) is 6.39. The Morgan fingerprint density at radius 2 is 2.00 bits per heavy atom. The van der Waals surface area contributed by atoms with Crippen molar-refractivity contribution in [2.45, 2.75) is 6.92 Å². The Labute approximate surface area is 109 Å². The second-order valence-corrected chi connectivity index (χ2v) is 3.72. The van der Waals surface area contributed by atoms with Crippen molar-refractivity contribution < 1.29 is 24.2 Å². The van der Waals surface area contributed by atoms with Crippen LogP contribution in [0.5, 0.6) is 0 Å². The van der Waals surface area contributed by atoms with E-state index < -0.39 is 18.0 Å². The zero-order chi connectivity index (χ0) is 14.4. The maximum absolute atomic E-state index is 11.5. The molecule has 19 heavy (non-hydrogen) atoms. The number of benzene rings is 1. The van der Waals surface area contributed by atoms with Crippen molar-refractivity contribution in [3.05, 3.63) is 29.3 Å². The van der Waals surface area contributed by atoms with Gasteiger partial charge in [-0.05, 0) is 30.7 Å². The van der Waals surface area contributed by atoms with Gasteiger partial charge >= 0.3 is 18.0 Å². The Morgan fingerprint density at radius 3 is 2.53 bits per heavy atom. The lowest BCUT2D eigenvalue weighted by atomic mass is 10.1. The first-order valence-electron chi connectivity index (χ1n) is 5.39. The number of rotatable bonds is 4. The van der Waals surface area contributed by atoms with Gasteiger partial charge in [-0.15, -0.1) is 0 Å². The molecule has 0 aromatic heterocycles. The van der Waals surface area contributed by atoms with Crippen LogP contribution in [-0.4, -0.2) is 36.7 Å². The number of carbonyl (C=O) groups is 3. The van der Waals surface area contributed by atoms with Crippen molar-refractivity contribution in [1.29, 1.82) is 0 Å². The van der Waals surface area contributed by atoms with Gasteiger partial charge < -0.3 is 20.5 Å². The summed E-state index contributed by atoms with van der Waals surface area (Å²) in [6, 6.07) is 3.73. The number of carboxylic acids is 1. The molecule has 3 N–H and O–H groups in total. The molecule has 1 aromatic rings. The van der Waals surface area contributed by atoms with Gasteiger partial charge in [0.05, 0.1) is 12.7 Å². The molecule has 102 valence electrons. The van der Waals surface area contributed by atoms with Gasteiger partial charge in [-0.2, -0.15) is 0 Å². The Kier molecular flexibility index (Phi) is 4.87. The normalized spacial score (nSPS) is 9.58. The number of urea groups is 1. The molecule has 0 radical (unpaired) electrons. The van der Waals surface area contributed by atoms with Crippen LogP contribution in [0.2, 0.25) is 0 Å². The molecular weight excluding hydrogens is 252 g/mol. The molecule has 0 aliphatic rings. The third kappa shape index (κ3) is 4.30. The molecule has 0 spiro atoms. The zero-order valence-corrected chi connectivity index (χ0v) is 10.5. The molecule has 2 amide bonds. The van der Waals surface area contributed by atoms with Crippen LogP contribution in [0.3, 0.4) is 0 Å². The largest absolute Gasteiger partial charge is 0.478 e. The maximum Gasteiger partial charge on any atom is 0.335 e. The van der Waals surface area contributed by atoms with E-state index >= 15 is 0 Å². The molecule has 1 aromatic carbocycles. The van der Waals surface area contributed by atoms with E-state index in [-0.39, 0.29) is 12.1 Å². The molecule has 0 heterocycles.